The Labute approximate surface area is 104 Å². The molecule has 0 saturated heterocycles. The second kappa shape index (κ2) is 5.28. The largest absolute Gasteiger partial charge is 0.255 e. The molecule has 0 aliphatic carbocycles. The van der Waals surface area contributed by atoms with Crippen molar-refractivity contribution in [2.75, 3.05) is 0 Å². The predicted molar refractivity (Wildman–Crippen MR) is 65.9 cm³/mol. The van der Waals surface area contributed by atoms with Crippen LogP contribution >= 0.6 is 23.2 Å². The number of aromatic nitrogens is 2. The Balaban J connectivity index is 2.05. The van der Waals surface area contributed by atoms with Gasteiger partial charge < -0.3 is 0 Å². The van der Waals surface area contributed by atoms with E-state index >= 15 is 0 Å². The van der Waals surface area contributed by atoms with E-state index in [-0.39, 0.29) is 0 Å². The zero-order valence-corrected chi connectivity index (χ0v) is 10.0. The van der Waals surface area contributed by atoms with Gasteiger partial charge in [0.25, 0.3) is 0 Å². The minimum Gasteiger partial charge on any atom is -0.255 e. The summed E-state index contributed by atoms with van der Waals surface area (Å²) in [6.07, 6.45) is 3.19. The average molecular weight is 253 g/mol. The van der Waals surface area contributed by atoms with Gasteiger partial charge >= 0.3 is 0 Å². The Hall–Kier alpha value is -1.12. The Kier molecular flexibility index (Phi) is 3.75. The van der Waals surface area contributed by atoms with Gasteiger partial charge in [-0.1, -0.05) is 53.5 Å². The molecule has 0 fully saturated rings. The molecule has 0 saturated carbocycles. The summed E-state index contributed by atoms with van der Waals surface area (Å²) in [7, 11) is 0. The summed E-state index contributed by atoms with van der Waals surface area (Å²) in [5.41, 5.74) is 2.05. The lowest BCUT2D eigenvalue weighted by Crippen LogP contribution is -1.97. The van der Waals surface area contributed by atoms with E-state index < -0.39 is 0 Å². The van der Waals surface area contributed by atoms with Gasteiger partial charge in [-0.15, -0.1) is 0 Å². The predicted octanol–water partition coefficient (Wildman–Crippen LogP) is 3.57. The molecule has 2 nitrogen and oxygen atoms in total. The first-order chi connectivity index (χ1) is 7.75. The maximum Gasteiger partial charge on any atom is 0.152 e. The third-order valence-electron chi connectivity index (χ3n) is 2.26. The summed E-state index contributed by atoms with van der Waals surface area (Å²) in [5.74, 6) is 0. The van der Waals surface area contributed by atoms with Crippen LogP contribution in [0.2, 0.25) is 10.3 Å². The second-order valence-corrected chi connectivity index (χ2v) is 4.16. The zero-order chi connectivity index (χ0) is 11.4. The van der Waals surface area contributed by atoms with Crippen molar-refractivity contribution >= 4 is 23.2 Å². The summed E-state index contributed by atoms with van der Waals surface area (Å²) >= 11 is 11.6. The van der Waals surface area contributed by atoms with Gasteiger partial charge in [0.1, 0.15) is 5.15 Å². The van der Waals surface area contributed by atoms with Crippen molar-refractivity contribution in [3.8, 4) is 0 Å². The molecule has 1 aromatic carbocycles. The van der Waals surface area contributed by atoms with Gasteiger partial charge in [0.15, 0.2) is 5.15 Å². The van der Waals surface area contributed by atoms with Crippen molar-refractivity contribution in [1.82, 2.24) is 9.97 Å². The van der Waals surface area contributed by atoms with Crippen LogP contribution in [0.4, 0.5) is 0 Å². The lowest BCUT2D eigenvalue weighted by Gasteiger charge is -2.03. The molecule has 16 heavy (non-hydrogen) atoms. The molecule has 0 bridgehead atoms. The quantitative estimate of drug-likeness (QED) is 0.835. The van der Waals surface area contributed by atoms with Crippen LogP contribution < -0.4 is 0 Å². The summed E-state index contributed by atoms with van der Waals surface area (Å²) < 4.78 is 0. The molecular formula is C12H10Cl2N2. The van der Waals surface area contributed by atoms with Gasteiger partial charge in [-0.3, -0.25) is 4.98 Å². The van der Waals surface area contributed by atoms with Crippen LogP contribution in [0, 0.1) is 0 Å². The molecule has 82 valence electrons. The number of halogens is 2. The number of hydrogen-bond donors (Lipinski definition) is 0. The summed E-state index contributed by atoms with van der Waals surface area (Å²) in [4.78, 5) is 8.12. The van der Waals surface area contributed by atoms with Gasteiger partial charge in [0.05, 0.1) is 11.9 Å². The third kappa shape index (κ3) is 2.94. The number of aryl methyl sites for hydroxylation is 2. The van der Waals surface area contributed by atoms with E-state index in [9.17, 15) is 0 Å². The average Bonchev–Trinajstić information content (AvgIpc) is 2.29. The standard InChI is InChI=1S/C12H10Cl2N2/c13-11-8-15-10(12(14)16-11)7-6-9-4-2-1-3-5-9/h1-5,8H,6-7H2. The Morgan fingerprint density at radius 3 is 2.44 bits per heavy atom. The molecule has 0 amide bonds. The summed E-state index contributed by atoms with van der Waals surface area (Å²) in [6.45, 7) is 0. The highest BCUT2D eigenvalue weighted by atomic mass is 35.5. The van der Waals surface area contributed by atoms with Crippen molar-refractivity contribution in [3.63, 3.8) is 0 Å². The number of rotatable bonds is 3. The molecule has 0 atom stereocenters. The minimum atomic E-state index is 0.327. The second-order valence-electron chi connectivity index (χ2n) is 3.42. The van der Waals surface area contributed by atoms with Gasteiger partial charge in [-0.2, -0.15) is 0 Å². The summed E-state index contributed by atoms with van der Waals surface area (Å²) in [6, 6.07) is 10.2. The maximum atomic E-state index is 5.94. The fourth-order valence-corrected chi connectivity index (χ4v) is 1.86. The smallest absolute Gasteiger partial charge is 0.152 e. The molecule has 1 heterocycles. The highest BCUT2D eigenvalue weighted by Crippen LogP contribution is 2.15. The molecule has 4 heteroatoms. The van der Waals surface area contributed by atoms with Crippen LogP contribution in [-0.2, 0) is 12.8 Å². The molecule has 0 unspecified atom stereocenters. The Morgan fingerprint density at radius 1 is 1.00 bits per heavy atom. The Morgan fingerprint density at radius 2 is 1.75 bits per heavy atom. The SMILES string of the molecule is Clc1cnc(CCc2ccccc2)c(Cl)n1. The lowest BCUT2D eigenvalue weighted by atomic mass is 10.1. The van der Waals surface area contributed by atoms with E-state index in [0.29, 0.717) is 10.3 Å². The highest BCUT2D eigenvalue weighted by Gasteiger charge is 2.04. The van der Waals surface area contributed by atoms with Crippen molar-refractivity contribution < 1.29 is 0 Å². The van der Waals surface area contributed by atoms with Gasteiger partial charge in [-0.05, 0) is 18.4 Å². The van der Waals surface area contributed by atoms with E-state index in [0.717, 1.165) is 18.5 Å². The maximum absolute atomic E-state index is 5.94. The van der Waals surface area contributed by atoms with Crippen molar-refractivity contribution in [3.05, 3.63) is 58.1 Å². The highest BCUT2D eigenvalue weighted by molar-refractivity contribution is 6.32. The molecule has 1 aromatic heterocycles. The van der Waals surface area contributed by atoms with E-state index in [1.54, 1.807) is 0 Å². The molecule has 0 spiro atoms. The van der Waals surface area contributed by atoms with Crippen LogP contribution in [0.3, 0.4) is 0 Å². The molecule has 0 N–H and O–H groups in total. The molecule has 2 rings (SSSR count). The number of benzene rings is 1. The van der Waals surface area contributed by atoms with Gasteiger partial charge in [0.2, 0.25) is 0 Å². The number of nitrogens with zero attached hydrogens (tertiary/aromatic N) is 2. The van der Waals surface area contributed by atoms with E-state index in [4.69, 9.17) is 23.2 Å². The molecule has 0 aliphatic rings. The molecule has 0 radical (unpaired) electrons. The normalized spacial score (nSPS) is 10.4. The first-order valence-corrected chi connectivity index (χ1v) is 5.72. The minimum absolute atomic E-state index is 0.327. The zero-order valence-electron chi connectivity index (χ0n) is 8.53. The number of hydrogen-bond acceptors (Lipinski definition) is 2. The first kappa shape index (κ1) is 11.4. The third-order valence-corrected chi connectivity index (χ3v) is 2.75. The fourth-order valence-electron chi connectivity index (χ4n) is 1.45. The van der Waals surface area contributed by atoms with Gasteiger partial charge in [-0.25, -0.2) is 4.98 Å². The Bertz CT molecular complexity index is 472. The monoisotopic (exact) mass is 252 g/mol. The van der Waals surface area contributed by atoms with Crippen molar-refractivity contribution in [2.24, 2.45) is 0 Å². The fraction of sp³-hybridized carbons (Fsp3) is 0.167. The van der Waals surface area contributed by atoms with Crippen LogP contribution in [0.25, 0.3) is 0 Å². The van der Waals surface area contributed by atoms with Crippen LogP contribution in [0.5, 0.6) is 0 Å². The topological polar surface area (TPSA) is 25.8 Å². The van der Waals surface area contributed by atoms with Crippen LogP contribution in [0.1, 0.15) is 11.3 Å². The van der Waals surface area contributed by atoms with Crippen LogP contribution in [0.15, 0.2) is 36.5 Å². The first-order valence-electron chi connectivity index (χ1n) is 4.96. The van der Waals surface area contributed by atoms with Crippen molar-refractivity contribution in [1.29, 1.82) is 0 Å². The van der Waals surface area contributed by atoms with Crippen LogP contribution in [-0.4, -0.2) is 9.97 Å². The molecule has 0 aliphatic heterocycles. The van der Waals surface area contributed by atoms with Crippen molar-refractivity contribution in [2.45, 2.75) is 12.8 Å². The van der Waals surface area contributed by atoms with Gasteiger partial charge in [0, 0.05) is 0 Å². The van der Waals surface area contributed by atoms with E-state index in [1.807, 2.05) is 18.2 Å². The molecule has 2 aromatic rings. The lowest BCUT2D eigenvalue weighted by molar-refractivity contribution is 0.899. The van der Waals surface area contributed by atoms with E-state index in [2.05, 4.69) is 22.1 Å². The summed E-state index contributed by atoms with van der Waals surface area (Å²) in [5, 5.41) is 0.719. The van der Waals surface area contributed by atoms with E-state index in [1.165, 1.54) is 11.8 Å². The molecular weight excluding hydrogens is 243 g/mol.